The van der Waals surface area contributed by atoms with Crippen molar-refractivity contribution in [3.63, 3.8) is 0 Å². The molecule has 82 valence electrons. The number of Topliss-reactive ketones (excluding diaryl/α,β-unsaturated/α-hetero) is 1. The van der Waals surface area contributed by atoms with Crippen molar-refractivity contribution in [2.24, 2.45) is 17.8 Å². The molecule has 0 heterocycles. The minimum atomic E-state index is -0.708. The zero-order chi connectivity index (χ0) is 10.6. The second kappa shape index (κ2) is 2.83. The molecular weight excluding hydrogens is 192 g/mol. The molecule has 4 rings (SSSR count). The quantitative estimate of drug-likeness (QED) is 0.616. The number of ketones is 1. The summed E-state index contributed by atoms with van der Waals surface area (Å²) in [5.74, 6) is 1.35. The van der Waals surface area contributed by atoms with E-state index in [1.165, 1.54) is 13.3 Å². The Labute approximate surface area is 89.2 Å². The fourth-order valence-corrected chi connectivity index (χ4v) is 4.11. The molecule has 15 heavy (non-hydrogen) atoms. The van der Waals surface area contributed by atoms with E-state index in [1.807, 2.05) is 0 Å². The summed E-state index contributed by atoms with van der Waals surface area (Å²) in [6.45, 7) is 1.41. The Balaban J connectivity index is 1.94. The number of ether oxygens (including phenoxy) is 1. The third-order valence-corrected chi connectivity index (χ3v) is 4.30. The Morgan fingerprint density at radius 3 is 2.40 bits per heavy atom. The second-order valence-corrected chi connectivity index (χ2v) is 5.50. The number of carbonyl (C=O) groups is 2. The maximum absolute atomic E-state index is 12.2. The molecule has 2 unspecified atom stereocenters. The van der Waals surface area contributed by atoms with Crippen LogP contribution in [0.2, 0.25) is 0 Å². The van der Waals surface area contributed by atoms with Crippen molar-refractivity contribution >= 4 is 11.8 Å². The lowest BCUT2D eigenvalue weighted by Crippen LogP contribution is -2.59. The van der Waals surface area contributed by atoms with Crippen LogP contribution < -0.4 is 0 Å². The first-order chi connectivity index (χ1) is 7.09. The molecule has 0 aromatic heterocycles. The Kier molecular flexibility index (Phi) is 1.77. The van der Waals surface area contributed by atoms with Crippen LogP contribution in [0.25, 0.3) is 0 Å². The van der Waals surface area contributed by atoms with Crippen LogP contribution in [0.1, 0.15) is 39.0 Å². The monoisotopic (exact) mass is 208 g/mol. The van der Waals surface area contributed by atoms with Crippen molar-refractivity contribution < 1.29 is 14.3 Å². The van der Waals surface area contributed by atoms with Crippen molar-refractivity contribution in [3.8, 4) is 0 Å². The second-order valence-electron chi connectivity index (χ2n) is 5.50. The lowest BCUT2D eigenvalue weighted by atomic mass is 9.53. The van der Waals surface area contributed by atoms with E-state index in [1.54, 1.807) is 0 Å². The molecule has 0 saturated heterocycles. The molecule has 2 atom stereocenters. The van der Waals surface area contributed by atoms with Crippen LogP contribution >= 0.6 is 0 Å². The summed E-state index contributed by atoms with van der Waals surface area (Å²) in [5.41, 5.74) is -0.708. The highest BCUT2D eigenvalue weighted by Crippen LogP contribution is 2.55. The lowest BCUT2D eigenvalue weighted by Gasteiger charge is -2.54. The third kappa shape index (κ3) is 1.25. The summed E-state index contributed by atoms with van der Waals surface area (Å²) in [6.07, 6.45) is 4.90. The zero-order valence-electron chi connectivity index (χ0n) is 8.99. The predicted molar refractivity (Wildman–Crippen MR) is 53.1 cm³/mol. The van der Waals surface area contributed by atoms with Gasteiger partial charge in [0, 0.05) is 12.8 Å². The summed E-state index contributed by atoms with van der Waals surface area (Å²) >= 11 is 0. The van der Waals surface area contributed by atoms with E-state index in [4.69, 9.17) is 4.74 Å². The Morgan fingerprint density at radius 1 is 1.27 bits per heavy atom. The SMILES string of the molecule is CC(=O)OC12CC3CC(CC(C3)C1=O)C2. The van der Waals surface area contributed by atoms with Gasteiger partial charge in [-0.2, -0.15) is 0 Å². The van der Waals surface area contributed by atoms with Gasteiger partial charge in [-0.25, -0.2) is 0 Å². The summed E-state index contributed by atoms with van der Waals surface area (Å²) in [7, 11) is 0. The van der Waals surface area contributed by atoms with Gasteiger partial charge in [0.05, 0.1) is 0 Å². The molecule has 0 aromatic carbocycles. The summed E-state index contributed by atoms with van der Waals surface area (Å²) < 4.78 is 5.37. The van der Waals surface area contributed by atoms with Gasteiger partial charge in [-0.05, 0) is 43.9 Å². The minimum Gasteiger partial charge on any atom is -0.451 e. The molecule has 4 saturated carbocycles. The largest absolute Gasteiger partial charge is 0.451 e. The van der Waals surface area contributed by atoms with Crippen LogP contribution in [-0.4, -0.2) is 17.4 Å². The fourth-order valence-electron chi connectivity index (χ4n) is 4.11. The van der Waals surface area contributed by atoms with E-state index in [2.05, 4.69) is 0 Å². The highest BCUT2D eigenvalue weighted by atomic mass is 16.6. The van der Waals surface area contributed by atoms with Gasteiger partial charge in [0.1, 0.15) is 0 Å². The molecule has 0 aromatic rings. The number of hydrogen-bond donors (Lipinski definition) is 0. The topological polar surface area (TPSA) is 43.4 Å². The standard InChI is InChI=1S/C12H16O3/c1-7(13)15-12-5-8-2-9(6-12)4-10(3-8)11(12)14/h8-10H,2-6H2,1H3. The van der Waals surface area contributed by atoms with E-state index in [9.17, 15) is 9.59 Å². The lowest BCUT2D eigenvalue weighted by molar-refractivity contribution is -0.189. The smallest absolute Gasteiger partial charge is 0.303 e. The van der Waals surface area contributed by atoms with Gasteiger partial charge in [0.15, 0.2) is 11.4 Å². The van der Waals surface area contributed by atoms with Crippen molar-refractivity contribution in [2.75, 3.05) is 0 Å². The van der Waals surface area contributed by atoms with Crippen molar-refractivity contribution in [1.82, 2.24) is 0 Å². The van der Waals surface area contributed by atoms with Crippen LogP contribution in [0.5, 0.6) is 0 Å². The van der Waals surface area contributed by atoms with E-state index >= 15 is 0 Å². The molecule has 4 aliphatic carbocycles. The Bertz CT molecular complexity index is 320. The van der Waals surface area contributed by atoms with Crippen LogP contribution in [0.15, 0.2) is 0 Å². The van der Waals surface area contributed by atoms with Crippen LogP contribution in [0.3, 0.4) is 0 Å². The van der Waals surface area contributed by atoms with Crippen LogP contribution in [-0.2, 0) is 14.3 Å². The molecule has 0 aliphatic heterocycles. The number of rotatable bonds is 1. The Morgan fingerprint density at radius 2 is 1.87 bits per heavy atom. The van der Waals surface area contributed by atoms with Gasteiger partial charge >= 0.3 is 5.97 Å². The first-order valence-electron chi connectivity index (χ1n) is 5.83. The molecule has 4 aliphatic rings. The van der Waals surface area contributed by atoms with Crippen molar-refractivity contribution in [1.29, 1.82) is 0 Å². The van der Waals surface area contributed by atoms with Gasteiger partial charge < -0.3 is 4.74 Å². The number of hydrogen-bond acceptors (Lipinski definition) is 3. The third-order valence-electron chi connectivity index (χ3n) is 4.30. The summed E-state index contributed by atoms with van der Waals surface area (Å²) in [6, 6.07) is 0. The van der Waals surface area contributed by atoms with E-state index < -0.39 is 5.60 Å². The maximum atomic E-state index is 12.2. The van der Waals surface area contributed by atoms with Gasteiger partial charge in [-0.1, -0.05) is 0 Å². The molecule has 0 radical (unpaired) electrons. The maximum Gasteiger partial charge on any atom is 0.303 e. The number of esters is 1. The zero-order valence-corrected chi connectivity index (χ0v) is 8.99. The molecule has 3 nitrogen and oxygen atoms in total. The average Bonchev–Trinajstić information content (AvgIpc) is 2.11. The van der Waals surface area contributed by atoms with E-state index in [0.29, 0.717) is 11.8 Å². The molecule has 0 N–H and O–H groups in total. The normalized spacial score (nSPS) is 47.0. The van der Waals surface area contributed by atoms with Gasteiger partial charge in [0.2, 0.25) is 0 Å². The Hall–Kier alpha value is -0.860. The van der Waals surface area contributed by atoms with E-state index in [0.717, 1.165) is 25.7 Å². The van der Waals surface area contributed by atoms with Gasteiger partial charge in [-0.15, -0.1) is 0 Å². The van der Waals surface area contributed by atoms with Crippen LogP contribution in [0, 0.1) is 17.8 Å². The number of carbonyl (C=O) groups excluding carboxylic acids is 2. The van der Waals surface area contributed by atoms with Crippen LogP contribution in [0.4, 0.5) is 0 Å². The molecule has 0 amide bonds. The summed E-state index contributed by atoms with van der Waals surface area (Å²) in [4.78, 5) is 23.3. The van der Waals surface area contributed by atoms with Gasteiger partial charge in [0.25, 0.3) is 0 Å². The predicted octanol–water partition coefficient (Wildman–Crippen LogP) is 1.70. The first-order valence-corrected chi connectivity index (χ1v) is 5.83. The van der Waals surface area contributed by atoms with E-state index in [-0.39, 0.29) is 17.7 Å². The first kappa shape index (κ1) is 9.37. The molecule has 4 fully saturated rings. The molecule has 0 spiro atoms. The van der Waals surface area contributed by atoms with Crippen molar-refractivity contribution in [3.05, 3.63) is 0 Å². The summed E-state index contributed by atoms with van der Waals surface area (Å²) in [5, 5.41) is 0. The molecule has 3 heteroatoms. The average molecular weight is 208 g/mol. The molecule has 4 bridgehead atoms. The molecular formula is C12H16O3. The van der Waals surface area contributed by atoms with Crippen molar-refractivity contribution in [2.45, 2.75) is 44.6 Å². The highest BCUT2D eigenvalue weighted by molar-refractivity contribution is 5.93. The highest BCUT2D eigenvalue weighted by Gasteiger charge is 2.58. The fraction of sp³-hybridized carbons (Fsp3) is 0.833. The minimum absolute atomic E-state index is 0.190. The van der Waals surface area contributed by atoms with Gasteiger partial charge in [-0.3, -0.25) is 9.59 Å².